The molecule has 9 aromatic rings. The molecule has 0 saturated carbocycles. The molecule has 0 amide bonds. The Morgan fingerprint density at radius 2 is 1.15 bits per heavy atom. The SMILES string of the molecule is C1=CN(c2ccc(-c3nc4ccccc4n3-c3ccccc3)cc2)c2cccc3cc4c(c1c23)c1ccccc1n4-c1ccccc1. The Balaban J connectivity index is 1.12. The molecule has 0 atom stereocenters. The van der Waals surface area contributed by atoms with Gasteiger partial charge in [0.25, 0.3) is 0 Å². The van der Waals surface area contributed by atoms with Crippen molar-refractivity contribution < 1.29 is 0 Å². The van der Waals surface area contributed by atoms with Gasteiger partial charge in [0.05, 0.1) is 27.8 Å². The Kier molecular flexibility index (Phi) is 5.54. The number of hydrogen-bond acceptors (Lipinski definition) is 2. The van der Waals surface area contributed by atoms with Gasteiger partial charge in [-0.25, -0.2) is 4.98 Å². The second-order valence-electron chi connectivity index (χ2n) is 12.1. The number of imidazole rings is 1. The van der Waals surface area contributed by atoms with E-state index in [2.05, 4.69) is 172 Å². The predicted octanol–water partition coefficient (Wildman–Crippen LogP) is 11.1. The molecule has 10 rings (SSSR count). The maximum Gasteiger partial charge on any atom is 0.145 e. The van der Waals surface area contributed by atoms with Gasteiger partial charge in [-0.2, -0.15) is 0 Å². The summed E-state index contributed by atoms with van der Waals surface area (Å²) in [4.78, 5) is 7.38. The number of fused-ring (bicyclic) bond motifs is 5. The first-order valence-electron chi connectivity index (χ1n) is 16.0. The van der Waals surface area contributed by atoms with Gasteiger partial charge in [0.1, 0.15) is 5.82 Å². The van der Waals surface area contributed by atoms with Gasteiger partial charge in [0, 0.05) is 45.0 Å². The van der Waals surface area contributed by atoms with E-state index < -0.39 is 0 Å². The minimum Gasteiger partial charge on any atom is -0.317 e. The molecular weight excluding hydrogens is 573 g/mol. The van der Waals surface area contributed by atoms with Crippen LogP contribution in [0.25, 0.3) is 72.5 Å². The molecular formula is C43H28N4. The van der Waals surface area contributed by atoms with Crippen molar-refractivity contribution in [1.29, 1.82) is 0 Å². The lowest BCUT2D eigenvalue weighted by Gasteiger charge is -2.27. The fourth-order valence-electron chi connectivity index (χ4n) is 7.43. The van der Waals surface area contributed by atoms with Gasteiger partial charge in [0.2, 0.25) is 0 Å². The summed E-state index contributed by atoms with van der Waals surface area (Å²) in [6.45, 7) is 0. The van der Waals surface area contributed by atoms with Crippen LogP contribution in [0.15, 0.2) is 164 Å². The fraction of sp³-hybridized carbons (Fsp3) is 0. The van der Waals surface area contributed by atoms with Gasteiger partial charge in [-0.1, -0.05) is 78.9 Å². The smallest absolute Gasteiger partial charge is 0.145 e. The van der Waals surface area contributed by atoms with Crippen molar-refractivity contribution in [3.05, 3.63) is 169 Å². The summed E-state index contributed by atoms with van der Waals surface area (Å²) >= 11 is 0. The summed E-state index contributed by atoms with van der Waals surface area (Å²) in [6, 6.07) is 56.0. The van der Waals surface area contributed by atoms with Crippen molar-refractivity contribution in [3.8, 4) is 22.8 Å². The highest BCUT2D eigenvalue weighted by atomic mass is 15.1. The zero-order valence-corrected chi connectivity index (χ0v) is 25.5. The first-order chi connectivity index (χ1) is 23.3. The maximum absolute atomic E-state index is 5.07. The van der Waals surface area contributed by atoms with Crippen LogP contribution in [0.1, 0.15) is 5.56 Å². The van der Waals surface area contributed by atoms with Gasteiger partial charge >= 0.3 is 0 Å². The highest BCUT2D eigenvalue weighted by Crippen LogP contribution is 2.45. The monoisotopic (exact) mass is 600 g/mol. The first-order valence-corrected chi connectivity index (χ1v) is 16.0. The average molecular weight is 601 g/mol. The summed E-state index contributed by atoms with van der Waals surface area (Å²) in [5, 5.41) is 5.05. The van der Waals surface area contributed by atoms with Crippen molar-refractivity contribution in [2.45, 2.75) is 0 Å². The Morgan fingerprint density at radius 1 is 0.468 bits per heavy atom. The van der Waals surface area contributed by atoms with E-state index in [1.807, 2.05) is 12.1 Å². The molecule has 220 valence electrons. The second-order valence-corrected chi connectivity index (χ2v) is 12.1. The van der Waals surface area contributed by atoms with Crippen LogP contribution < -0.4 is 4.90 Å². The van der Waals surface area contributed by atoms with E-state index in [4.69, 9.17) is 4.98 Å². The van der Waals surface area contributed by atoms with Crippen LogP contribution in [0.3, 0.4) is 0 Å². The zero-order valence-electron chi connectivity index (χ0n) is 25.5. The molecule has 0 spiro atoms. The third-order valence-corrected chi connectivity index (χ3v) is 9.46. The topological polar surface area (TPSA) is 26.0 Å². The molecule has 1 aliphatic rings. The molecule has 0 aliphatic carbocycles. The van der Waals surface area contributed by atoms with Gasteiger partial charge in [-0.15, -0.1) is 0 Å². The van der Waals surface area contributed by atoms with E-state index in [0.29, 0.717) is 0 Å². The van der Waals surface area contributed by atoms with E-state index >= 15 is 0 Å². The summed E-state index contributed by atoms with van der Waals surface area (Å²) in [5.41, 5.74) is 11.4. The maximum atomic E-state index is 5.07. The highest BCUT2D eigenvalue weighted by Gasteiger charge is 2.23. The number of nitrogens with zero attached hydrogens (tertiary/aromatic N) is 4. The molecule has 1 aliphatic heterocycles. The van der Waals surface area contributed by atoms with Crippen molar-refractivity contribution in [3.63, 3.8) is 0 Å². The molecule has 0 radical (unpaired) electrons. The van der Waals surface area contributed by atoms with Crippen LogP contribution in [0.5, 0.6) is 0 Å². The van der Waals surface area contributed by atoms with Crippen LogP contribution in [0.2, 0.25) is 0 Å². The standard InChI is InChI=1S/C43H28N4/c1-3-13-32(14-4-1)46-37-19-9-7-17-34(37)42-35-26-27-45(39-21-11-12-30(41(35)39)28-40(42)46)31-24-22-29(23-25-31)43-44-36-18-8-10-20-38(36)47(43)33-15-5-2-6-16-33/h1-28H. The molecule has 0 saturated heterocycles. The van der Waals surface area contributed by atoms with E-state index in [-0.39, 0.29) is 0 Å². The van der Waals surface area contributed by atoms with E-state index in [1.165, 1.54) is 49.5 Å². The van der Waals surface area contributed by atoms with E-state index in [9.17, 15) is 0 Å². The highest BCUT2D eigenvalue weighted by molar-refractivity contribution is 6.22. The number of benzene rings is 7. The van der Waals surface area contributed by atoms with Crippen LogP contribution in [-0.4, -0.2) is 14.1 Å². The minimum absolute atomic E-state index is 0.933. The molecule has 2 aromatic heterocycles. The van der Waals surface area contributed by atoms with Gasteiger partial charge < -0.3 is 9.47 Å². The van der Waals surface area contributed by atoms with Gasteiger partial charge in [-0.3, -0.25) is 4.57 Å². The van der Waals surface area contributed by atoms with Crippen molar-refractivity contribution in [2.24, 2.45) is 0 Å². The van der Waals surface area contributed by atoms with Crippen molar-refractivity contribution in [1.82, 2.24) is 14.1 Å². The number of hydrogen-bond donors (Lipinski definition) is 0. The van der Waals surface area contributed by atoms with Crippen LogP contribution in [-0.2, 0) is 0 Å². The predicted molar refractivity (Wildman–Crippen MR) is 196 cm³/mol. The van der Waals surface area contributed by atoms with Crippen LogP contribution in [0.4, 0.5) is 11.4 Å². The third kappa shape index (κ3) is 3.85. The molecule has 3 heterocycles. The molecule has 0 N–H and O–H groups in total. The van der Waals surface area contributed by atoms with E-state index in [0.717, 1.165) is 33.8 Å². The lowest BCUT2D eigenvalue weighted by Crippen LogP contribution is -2.12. The summed E-state index contributed by atoms with van der Waals surface area (Å²) in [6.07, 6.45) is 4.52. The van der Waals surface area contributed by atoms with Gasteiger partial charge in [-0.05, 0) is 95.9 Å². The zero-order chi connectivity index (χ0) is 30.9. The Bertz CT molecular complexity index is 2660. The number of anilines is 2. The summed E-state index contributed by atoms with van der Waals surface area (Å²) in [7, 11) is 0. The summed E-state index contributed by atoms with van der Waals surface area (Å²) < 4.78 is 4.65. The van der Waals surface area contributed by atoms with Crippen molar-refractivity contribution >= 4 is 61.1 Å². The van der Waals surface area contributed by atoms with Crippen LogP contribution in [0, 0.1) is 0 Å². The number of aromatic nitrogens is 3. The Morgan fingerprint density at radius 3 is 1.94 bits per heavy atom. The lowest BCUT2D eigenvalue weighted by molar-refractivity contribution is 1.10. The molecule has 0 fully saturated rings. The molecule has 4 heteroatoms. The van der Waals surface area contributed by atoms with Crippen molar-refractivity contribution in [2.75, 3.05) is 4.90 Å². The Hall–Kier alpha value is -6.39. The molecule has 7 aromatic carbocycles. The fourth-order valence-corrected chi connectivity index (χ4v) is 7.43. The second kappa shape index (κ2) is 10.1. The first kappa shape index (κ1) is 25.9. The lowest BCUT2D eigenvalue weighted by atomic mass is 9.94. The molecule has 0 unspecified atom stereocenters. The molecule has 0 bridgehead atoms. The Labute approximate surface area is 271 Å². The van der Waals surface area contributed by atoms with Crippen LogP contribution >= 0.6 is 0 Å². The molecule has 47 heavy (non-hydrogen) atoms. The summed E-state index contributed by atoms with van der Waals surface area (Å²) in [5.74, 6) is 0.933. The quantitative estimate of drug-likeness (QED) is 0.201. The normalized spacial score (nSPS) is 12.6. The third-order valence-electron chi connectivity index (χ3n) is 9.46. The largest absolute Gasteiger partial charge is 0.317 e. The van der Waals surface area contributed by atoms with E-state index in [1.54, 1.807) is 0 Å². The molecule has 4 nitrogen and oxygen atoms in total. The number of rotatable bonds is 4. The number of para-hydroxylation sites is 5. The average Bonchev–Trinajstić information content (AvgIpc) is 3.69. The van der Waals surface area contributed by atoms with Gasteiger partial charge in [0.15, 0.2) is 0 Å². The minimum atomic E-state index is 0.933.